The number of rotatable bonds is 6. The maximum absolute atomic E-state index is 12.6. The Labute approximate surface area is 141 Å². The van der Waals surface area contributed by atoms with Gasteiger partial charge in [-0.05, 0) is 31.9 Å². The third-order valence-corrected chi connectivity index (χ3v) is 4.78. The van der Waals surface area contributed by atoms with Gasteiger partial charge in [0.05, 0.1) is 33.7 Å². The fraction of sp³-hybridized carbons (Fsp3) is 0.412. The molecule has 3 N–H and O–H groups in total. The van der Waals surface area contributed by atoms with E-state index in [1.54, 1.807) is 16.9 Å². The van der Waals surface area contributed by atoms with E-state index in [1.165, 1.54) is 0 Å². The highest BCUT2D eigenvalue weighted by molar-refractivity contribution is 6.32. The van der Waals surface area contributed by atoms with Crippen molar-refractivity contribution in [2.24, 2.45) is 5.73 Å². The zero-order valence-electron chi connectivity index (χ0n) is 13.8. The number of carbonyl (C=O) groups is 1. The number of nitrogens with one attached hydrogen (secondary N) is 1. The number of nitrogens with two attached hydrogens (primary N) is 1. The molecule has 0 fully saturated rings. The van der Waals surface area contributed by atoms with Gasteiger partial charge in [0.2, 0.25) is 0 Å². The molecule has 0 spiro atoms. The second kappa shape index (κ2) is 7.15. The number of para-hydroxylation sites is 1. The van der Waals surface area contributed by atoms with Gasteiger partial charge in [-0.15, -0.1) is 0 Å². The average Bonchev–Trinajstić information content (AvgIpc) is 2.95. The lowest BCUT2D eigenvalue weighted by Gasteiger charge is -2.31. The molecular weight excluding hydrogens is 312 g/mol. The van der Waals surface area contributed by atoms with E-state index < -0.39 is 0 Å². The van der Waals surface area contributed by atoms with E-state index >= 15 is 0 Å². The Morgan fingerprint density at radius 2 is 2.00 bits per heavy atom. The van der Waals surface area contributed by atoms with Crippen molar-refractivity contribution in [3.63, 3.8) is 0 Å². The van der Waals surface area contributed by atoms with Gasteiger partial charge in [-0.1, -0.05) is 37.6 Å². The molecule has 0 aliphatic heterocycles. The molecule has 2 rings (SSSR count). The zero-order chi connectivity index (χ0) is 17.0. The fourth-order valence-electron chi connectivity index (χ4n) is 2.57. The summed E-state index contributed by atoms with van der Waals surface area (Å²) in [7, 11) is 0. The number of aromatic nitrogens is 2. The van der Waals surface area contributed by atoms with Crippen molar-refractivity contribution in [3.05, 3.63) is 46.7 Å². The van der Waals surface area contributed by atoms with Crippen LogP contribution < -0.4 is 11.1 Å². The minimum Gasteiger partial charge on any atom is -0.345 e. The van der Waals surface area contributed by atoms with Crippen LogP contribution in [0.3, 0.4) is 0 Å². The first kappa shape index (κ1) is 17.5. The predicted molar refractivity (Wildman–Crippen MR) is 93.1 cm³/mol. The van der Waals surface area contributed by atoms with Gasteiger partial charge in [0, 0.05) is 6.54 Å². The van der Waals surface area contributed by atoms with Crippen LogP contribution in [0.4, 0.5) is 0 Å². The summed E-state index contributed by atoms with van der Waals surface area (Å²) in [4.78, 5) is 12.6. The maximum Gasteiger partial charge on any atom is 0.255 e. The molecule has 6 heteroatoms. The van der Waals surface area contributed by atoms with Gasteiger partial charge in [0.15, 0.2) is 0 Å². The SMILES string of the molecule is CCC(CC)(CN)NC(=O)c1cnn(-c2ccccc2Cl)c1C. The molecule has 0 aliphatic carbocycles. The molecule has 0 atom stereocenters. The Balaban J connectivity index is 2.32. The molecule has 5 nitrogen and oxygen atoms in total. The first-order valence-corrected chi connectivity index (χ1v) is 8.18. The van der Waals surface area contributed by atoms with Crippen molar-refractivity contribution in [3.8, 4) is 5.69 Å². The van der Waals surface area contributed by atoms with Crippen molar-refractivity contribution in [1.29, 1.82) is 0 Å². The molecule has 2 aromatic rings. The Hall–Kier alpha value is -1.85. The standard InChI is InChI=1S/C17H23ClN4O/c1-4-17(5-2,11-19)21-16(23)13-10-20-22(12(13)3)15-9-7-6-8-14(15)18/h6-10H,4-5,11,19H2,1-3H3,(H,21,23). The number of nitrogens with zero attached hydrogens (tertiary/aromatic N) is 2. The summed E-state index contributed by atoms with van der Waals surface area (Å²) >= 11 is 6.22. The lowest BCUT2D eigenvalue weighted by molar-refractivity contribution is 0.0894. The third kappa shape index (κ3) is 3.41. The predicted octanol–water partition coefficient (Wildman–Crippen LogP) is 3.08. The number of hydrogen-bond donors (Lipinski definition) is 2. The molecule has 1 aromatic heterocycles. The van der Waals surface area contributed by atoms with Crippen LogP contribution in [0, 0.1) is 6.92 Å². The number of halogens is 1. The number of carbonyl (C=O) groups excluding carboxylic acids is 1. The Morgan fingerprint density at radius 3 is 2.57 bits per heavy atom. The molecule has 23 heavy (non-hydrogen) atoms. The van der Waals surface area contributed by atoms with Crippen LogP contribution in [-0.4, -0.2) is 27.8 Å². The molecular formula is C17H23ClN4O. The van der Waals surface area contributed by atoms with Crippen LogP contribution >= 0.6 is 11.6 Å². The molecule has 1 aromatic carbocycles. The number of benzene rings is 1. The second-order valence-electron chi connectivity index (χ2n) is 5.65. The van der Waals surface area contributed by atoms with E-state index in [0.29, 0.717) is 17.1 Å². The highest BCUT2D eigenvalue weighted by Gasteiger charge is 2.28. The molecule has 1 amide bonds. The first-order chi connectivity index (χ1) is 11.0. The highest BCUT2D eigenvalue weighted by atomic mass is 35.5. The van der Waals surface area contributed by atoms with Gasteiger partial charge >= 0.3 is 0 Å². The molecule has 0 aliphatic rings. The van der Waals surface area contributed by atoms with Crippen LogP contribution in [-0.2, 0) is 0 Å². The van der Waals surface area contributed by atoms with E-state index in [0.717, 1.165) is 24.2 Å². The maximum atomic E-state index is 12.6. The second-order valence-corrected chi connectivity index (χ2v) is 6.06. The highest BCUT2D eigenvalue weighted by Crippen LogP contribution is 2.22. The minimum absolute atomic E-state index is 0.157. The van der Waals surface area contributed by atoms with Crippen molar-refractivity contribution >= 4 is 17.5 Å². The largest absolute Gasteiger partial charge is 0.345 e. The average molecular weight is 335 g/mol. The fourth-order valence-corrected chi connectivity index (χ4v) is 2.79. The summed E-state index contributed by atoms with van der Waals surface area (Å²) in [6.07, 6.45) is 3.13. The number of hydrogen-bond acceptors (Lipinski definition) is 3. The third-order valence-electron chi connectivity index (χ3n) is 4.46. The Bertz CT molecular complexity index is 683. The van der Waals surface area contributed by atoms with Crippen molar-refractivity contribution in [2.75, 3.05) is 6.54 Å². The van der Waals surface area contributed by atoms with E-state index in [9.17, 15) is 4.79 Å². The van der Waals surface area contributed by atoms with Gasteiger partial charge in [-0.2, -0.15) is 5.10 Å². The molecule has 0 unspecified atom stereocenters. The van der Waals surface area contributed by atoms with Gasteiger partial charge < -0.3 is 11.1 Å². The van der Waals surface area contributed by atoms with Gasteiger partial charge in [-0.3, -0.25) is 4.79 Å². The van der Waals surface area contributed by atoms with Gasteiger partial charge in [0.1, 0.15) is 0 Å². The normalized spacial score (nSPS) is 11.5. The van der Waals surface area contributed by atoms with Crippen molar-refractivity contribution < 1.29 is 4.79 Å². The smallest absolute Gasteiger partial charge is 0.255 e. The van der Waals surface area contributed by atoms with E-state index in [2.05, 4.69) is 10.4 Å². The summed E-state index contributed by atoms with van der Waals surface area (Å²) in [6, 6.07) is 7.41. The van der Waals surface area contributed by atoms with Crippen LogP contribution in [0.5, 0.6) is 0 Å². The Morgan fingerprint density at radius 1 is 1.35 bits per heavy atom. The first-order valence-electron chi connectivity index (χ1n) is 7.80. The van der Waals surface area contributed by atoms with Crippen molar-refractivity contribution in [1.82, 2.24) is 15.1 Å². The van der Waals surface area contributed by atoms with E-state index in [1.807, 2.05) is 39.0 Å². The topological polar surface area (TPSA) is 72.9 Å². The van der Waals surface area contributed by atoms with Crippen molar-refractivity contribution in [2.45, 2.75) is 39.2 Å². The summed E-state index contributed by atoms with van der Waals surface area (Å²) in [5.74, 6) is -0.157. The lowest BCUT2D eigenvalue weighted by Crippen LogP contribution is -2.52. The summed E-state index contributed by atoms with van der Waals surface area (Å²) in [5, 5.41) is 7.97. The summed E-state index contributed by atoms with van der Waals surface area (Å²) < 4.78 is 1.68. The quantitative estimate of drug-likeness (QED) is 0.852. The van der Waals surface area contributed by atoms with Gasteiger partial charge in [0.25, 0.3) is 5.91 Å². The lowest BCUT2D eigenvalue weighted by atomic mass is 9.92. The summed E-state index contributed by atoms with van der Waals surface area (Å²) in [5.41, 5.74) is 7.51. The van der Waals surface area contributed by atoms with Crippen LogP contribution in [0.15, 0.2) is 30.5 Å². The minimum atomic E-state index is -0.379. The van der Waals surface area contributed by atoms with Crippen LogP contribution in [0.2, 0.25) is 5.02 Å². The number of amides is 1. The van der Waals surface area contributed by atoms with Crippen LogP contribution in [0.25, 0.3) is 5.69 Å². The summed E-state index contributed by atoms with van der Waals surface area (Å²) in [6.45, 7) is 6.31. The van der Waals surface area contributed by atoms with Crippen LogP contribution in [0.1, 0.15) is 42.7 Å². The molecule has 0 bridgehead atoms. The molecule has 1 heterocycles. The molecule has 124 valence electrons. The zero-order valence-corrected chi connectivity index (χ0v) is 14.5. The molecule has 0 saturated carbocycles. The molecule has 0 saturated heterocycles. The van der Waals surface area contributed by atoms with Gasteiger partial charge in [-0.25, -0.2) is 4.68 Å². The van der Waals surface area contributed by atoms with E-state index in [-0.39, 0.29) is 11.4 Å². The van der Waals surface area contributed by atoms with E-state index in [4.69, 9.17) is 17.3 Å². The molecule has 0 radical (unpaired) electrons. The monoisotopic (exact) mass is 334 g/mol. The Kier molecular flexibility index (Phi) is 5.44.